The Morgan fingerprint density at radius 2 is 1.82 bits per heavy atom. The van der Waals surface area contributed by atoms with Crippen molar-refractivity contribution in [3.63, 3.8) is 0 Å². The molecule has 0 saturated carbocycles. The van der Waals surface area contributed by atoms with Gasteiger partial charge in [-0.3, -0.25) is 0 Å². The number of carbonyl (C=O) groups is 1. The zero-order valence-corrected chi connectivity index (χ0v) is 12.4. The van der Waals surface area contributed by atoms with Gasteiger partial charge in [-0.05, 0) is 35.2 Å². The lowest BCUT2D eigenvalue weighted by Gasteiger charge is -2.05. The molecule has 3 aromatic rings. The second-order valence-electron chi connectivity index (χ2n) is 5.38. The van der Waals surface area contributed by atoms with Crippen LogP contribution in [0.1, 0.15) is 23.1 Å². The lowest BCUT2D eigenvalue weighted by molar-refractivity contribution is -0.107. The molecule has 3 nitrogen and oxygen atoms in total. The number of H-pyrrole nitrogens is 1. The van der Waals surface area contributed by atoms with Gasteiger partial charge in [-0.2, -0.15) is 0 Å². The average molecular weight is 293 g/mol. The Kier molecular flexibility index (Phi) is 4.66. The van der Waals surface area contributed by atoms with Gasteiger partial charge in [-0.1, -0.05) is 36.4 Å². The van der Waals surface area contributed by atoms with Crippen molar-refractivity contribution in [3.05, 3.63) is 71.4 Å². The SMILES string of the molecule is O=CCCc1c[nH]c2ccc(COCc3ccccc3)cc12. The number of hydrogen-bond acceptors (Lipinski definition) is 2. The van der Waals surface area contributed by atoms with Crippen LogP contribution in [0.3, 0.4) is 0 Å². The molecular formula is C19H19NO2. The smallest absolute Gasteiger partial charge is 0.120 e. The van der Waals surface area contributed by atoms with Gasteiger partial charge in [-0.25, -0.2) is 0 Å². The lowest BCUT2D eigenvalue weighted by Crippen LogP contribution is -1.94. The van der Waals surface area contributed by atoms with E-state index in [0.717, 1.165) is 23.8 Å². The molecule has 0 bridgehead atoms. The van der Waals surface area contributed by atoms with Gasteiger partial charge in [0.05, 0.1) is 13.2 Å². The summed E-state index contributed by atoms with van der Waals surface area (Å²) >= 11 is 0. The van der Waals surface area contributed by atoms with Crippen LogP contribution < -0.4 is 0 Å². The van der Waals surface area contributed by atoms with Crippen LogP contribution in [-0.4, -0.2) is 11.3 Å². The summed E-state index contributed by atoms with van der Waals surface area (Å²) in [4.78, 5) is 13.8. The Morgan fingerprint density at radius 3 is 2.64 bits per heavy atom. The molecule has 0 amide bonds. The second kappa shape index (κ2) is 7.05. The molecule has 3 heteroatoms. The zero-order chi connectivity index (χ0) is 15.2. The Morgan fingerprint density at radius 1 is 1.00 bits per heavy atom. The lowest BCUT2D eigenvalue weighted by atomic mass is 10.1. The van der Waals surface area contributed by atoms with Crippen molar-refractivity contribution in [1.29, 1.82) is 0 Å². The molecule has 1 N–H and O–H groups in total. The predicted molar refractivity (Wildman–Crippen MR) is 87.6 cm³/mol. The van der Waals surface area contributed by atoms with Crippen molar-refractivity contribution in [2.24, 2.45) is 0 Å². The molecule has 0 fully saturated rings. The molecule has 22 heavy (non-hydrogen) atoms. The minimum Gasteiger partial charge on any atom is -0.372 e. The molecule has 1 heterocycles. The highest BCUT2D eigenvalue weighted by Crippen LogP contribution is 2.21. The van der Waals surface area contributed by atoms with Crippen molar-refractivity contribution in [1.82, 2.24) is 4.98 Å². The first-order chi connectivity index (χ1) is 10.9. The van der Waals surface area contributed by atoms with Crippen molar-refractivity contribution < 1.29 is 9.53 Å². The fourth-order valence-corrected chi connectivity index (χ4v) is 2.60. The predicted octanol–water partition coefficient (Wildman–Crippen LogP) is 4.02. The van der Waals surface area contributed by atoms with Gasteiger partial charge < -0.3 is 14.5 Å². The van der Waals surface area contributed by atoms with Crippen LogP contribution in [0.15, 0.2) is 54.7 Å². The van der Waals surface area contributed by atoms with Crippen molar-refractivity contribution in [2.75, 3.05) is 0 Å². The van der Waals surface area contributed by atoms with Crippen molar-refractivity contribution in [3.8, 4) is 0 Å². The van der Waals surface area contributed by atoms with Gasteiger partial charge in [0.15, 0.2) is 0 Å². The summed E-state index contributed by atoms with van der Waals surface area (Å²) in [7, 11) is 0. The quantitative estimate of drug-likeness (QED) is 0.669. The van der Waals surface area contributed by atoms with E-state index in [4.69, 9.17) is 4.74 Å². The summed E-state index contributed by atoms with van der Waals surface area (Å²) in [5.74, 6) is 0. The summed E-state index contributed by atoms with van der Waals surface area (Å²) < 4.78 is 5.79. The Balaban J connectivity index is 1.67. The minimum atomic E-state index is 0.557. The van der Waals surface area contributed by atoms with Crippen LogP contribution >= 0.6 is 0 Å². The summed E-state index contributed by atoms with van der Waals surface area (Å²) in [6, 6.07) is 16.5. The van der Waals surface area contributed by atoms with E-state index in [1.807, 2.05) is 24.4 Å². The summed E-state index contributed by atoms with van der Waals surface area (Å²) in [5, 5.41) is 1.18. The molecule has 0 aliphatic rings. The molecule has 3 rings (SSSR count). The van der Waals surface area contributed by atoms with E-state index in [1.165, 1.54) is 16.5 Å². The first-order valence-corrected chi connectivity index (χ1v) is 7.51. The summed E-state index contributed by atoms with van der Waals surface area (Å²) in [5.41, 5.74) is 4.62. The van der Waals surface area contributed by atoms with Crippen molar-refractivity contribution in [2.45, 2.75) is 26.1 Å². The summed E-state index contributed by atoms with van der Waals surface area (Å²) in [6.07, 6.45) is 4.29. The molecule has 0 radical (unpaired) electrons. The second-order valence-corrected chi connectivity index (χ2v) is 5.38. The number of carbonyl (C=O) groups excluding carboxylic acids is 1. The maximum absolute atomic E-state index is 10.5. The highest BCUT2D eigenvalue weighted by atomic mass is 16.5. The normalized spacial score (nSPS) is 10.9. The van der Waals surface area contributed by atoms with Crippen LogP contribution in [0.25, 0.3) is 10.9 Å². The monoisotopic (exact) mass is 293 g/mol. The van der Waals surface area contributed by atoms with Gasteiger partial charge in [0.25, 0.3) is 0 Å². The van der Waals surface area contributed by atoms with E-state index >= 15 is 0 Å². The average Bonchev–Trinajstić information content (AvgIpc) is 2.96. The van der Waals surface area contributed by atoms with Crippen LogP contribution in [0.4, 0.5) is 0 Å². The van der Waals surface area contributed by atoms with E-state index in [-0.39, 0.29) is 0 Å². The Labute approximate surface area is 129 Å². The number of fused-ring (bicyclic) bond motifs is 1. The number of ether oxygens (including phenoxy) is 1. The van der Waals surface area contributed by atoms with E-state index < -0.39 is 0 Å². The van der Waals surface area contributed by atoms with Gasteiger partial charge in [0.1, 0.15) is 6.29 Å². The maximum Gasteiger partial charge on any atom is 0.120 e. The third-order valence-corrected chi connectivity index (χ3v) is 3.74. The van der Waals surface area contributed by atoms with Crippen LogP contribution in [0.2, 0.25) is 0 Å². The van der Waals surface area contributed by atoms with Crippen LogP contribution in [0, 0.1) is 0 Å². The van der Waals surface area contributed by atoms with Crippen LogP contribution in [-0.2, 0) is 29.2 Å². The number of aryl methyl sites for hydroxylation is 1. The van der Waals surface area contributed by atoms with Gasteiger partial charge >= 0.3 is 0 Å². The molecule has 0 aliphatic heterocycles. The van der Waals surface area contributed by atoms with E-state index in [1.54, 1.807) is 0 Å². The zero-order valence-electron chi connectivity index (χ0n) is 12.4. The highest BCUT2D eigenvalue weighted by Gasteiger charge is 2.05. The maximum atomic E-state index is 10.5. The number of hydrogen-bond donors (Lipinski definition) is 1. The number of benzene rings is 2. The number of aromatic nitrogens is 1. The van der Waals surface area contributed by atoms with Gasteiger partial charge in [0, 0.05) is 23.5 Å². The van der Waals surface area contributed by atoms with E-state index in [2.05, 4.69) is 35.3 Å². The first kappa shape index (κ1) is 14.5. The molecule has 1 aromatic heterocycles. The molecule has 0 saturated heterocycles. The number of rotatable bonds is 7. The van der Waals surface area contributed by atoms with Gasteiger partial charge in [0.2, 0.25) is 0 Å². The fourth-order valence-electron chi connectivity index (χ4n) is 2.60. The minimum absolute atomic E-state index is 0.557. The van der Waals surface area contributed by atoms with Gasteiger partial charge in [-0.15, -0.1) is 0 Å². The molecule has 0 atom stereocenters. The number of nitrogens with one attached hydrogen (secondary N) is 1. The van der Waals surface area contributed by atoms with Crippen LogP contribution in [0.5, 0.6) is 0 Å². The van der Waals surface area contributed by atoms with E-state index in [0.29, 0.717) is 19.6 Å². The molecule has 2 aromatic carbocycles. The Hall–Kier alpha value is -2.39. The Bertz CT molecular complexity index is 746. The highest BCUT2D eigenvalue weighted by molar-refractivity contribution is 5.84. The third-order valence-electron chi connectivity index (χ3n) is 3.74. The third kappa shape index (κ3) is 3.43. The fraction of sp³-hybridized carbons (Fsp3) is 0.211. The first-order valence-electron chi connectivity index (χ1n) is 7.51. The number of aldehydes is 1. The molecule has 0 aliphatic carbocycles. The molecule has 112 valence electrons. The topological polar surface area (TPSA) is 42.1 Å². The number of aromatic amines is 1. The largest absolute Gasteiger partial charge is 0.372 e. The summed E-state index contributed by atoms with van der Waals surface area (Å²) in [6.45, 7) is 1.20. The molecule has 0 unspecified atom stereocenters. The standard InChI is InChI=1S/C19H19NO2/c21-10-4-7-17-12-20-19-9-8-16(11-18(17)19)14-22-13-15-5-2-1-3-6-15/h1-3,5-6,8-12,20H,4,7,13-14H2. The molecular weight excluding hydrogens is 274 g/mol. The van der Waals surface area contributed by atoms with Crippen molar-refractivity contribution >= 4 is 17.2 Å². The molecule has 0 spiro atoms. The van der Waals surface area contributed by atoms with E-state index in [9.17, 15) is 4.79 Å².